The fraction of sp³-hybridized carbons (Fsp3) is 0.769. The zero-order valence-corrected chi connectivity index (χ0v) is 92.1. The van der Waals surface area contributed by atoms with Gasteiger partial charge in [0, 0.05) is 104 Å². The molecule has 4 N–H and O–H groups in total. The number of methoxy groups -OCH3 is 4. The molecule has 37 heteroatoms. The molecule has 816 valence electrons. The Labute approximate surface area is 861 Å². The van der Waals surface area contributed by atoms with Gasteiger partial charge < -0.3 is 72.6 Å². The fourth-order valence-corrected chi connectivity index (χ4v) is 27.5. The Morgan fingerprint density at radius 3 is 1.29 bits per heavy atom. The summed E-state index contributed by atoms with van der Waals surface area (Å²) in [6.45, 7) is 30.4. The normalized spacial score (nSPS) is 39.6. The number of carbonyl (C=O) groups excluding carboxylic acids is 8. The first-order valence-electron chi connectivity index (χ1n) is 53.3. The summed E-state index contributed by atoms with van der Waals surface area (Å²) in [6, 6.07) is -3.47. The van der Waals surface area contributed by atoms with E-state index in [9.17, 15) is 80.2 Å². The van der Waals surface area contributed by atoms with Crippen LogP contribution in [0.3, 0.4) is 0 Å². The van der Waals surface area contributed by atoms with Crippen molar-refractivity contribution in [2.75, 3.05) is 79.5 Å². The summed E-state index contributed by atoms with van der Waals surface area (Å²) in [5.74, 6) is -13.6. The molecule has 8 aliphatic heterocycles. The largest absolute Gasteiger partial charge is 0.461 e. The number of hydrogen-bond donors (Lipinski definition) is 4. The number of Topliss-reactive ketones (excluding diaryl/α,β-unsaturated/α-hetero) is 4. The molecule has 9 heterocycles. The van der Waals surface area contributed by atoms with Crippen LogP contribution < -0.4 is 0 Å². The second-order valence-corrected chi connectivity index (χ2v) is 51.1. The second kappa shape index (κ2) is 54.4. The molecule has 2 unspecified atom stereocenters. The number of aliphatic hydroxyl groups excluding tert-OH is 2. The van der Waals surface area contributed by atoms with Gasteiger partial charge in [-0.05, 0) is 270 Å². The SMILES string of the molecule is CO[C@@H]1C[C@H](C[C@@H](C)[C@@H]2CC[C@H](C)/C=C(\C)[C@@H](O)[C@@H](OC)C(=O)[C@H](C)C[C@H](C)/C=C/C=C/C=C(\C)C(N3CCCS3(=O)=O)C[C@@H]3CC[C@@H](C)[C@@](O)(O3)C(=O)C(=O)N3CCCC[C@H]3C(=O)O2)CC[C@H]1OP(C)(C)=O.CO[C@@H]1C[C@H](C[C@@H](C)[C@@H]2CC[C@H](C)/C=C(\C)[C@@H](O)[C@@H](OC)C(=O)[C@H](C)C[C@H](C)/C=C/C=C/C=C(\C)C(N3CCS3(=O)=O)C[C@@H]3CC[C@@H](C)[C@@](O)(O3)C(=O)C(=O)N3CCCC[C@H]3C(=O)O2)CC[C@@H]1n1cnnn1. The van der Waals surface area contributed by atoms with E-state index in [0.717, 1.165) is 43.3 Å². The first-order valence-corrected chi connectivity index (χ1v) is 59.0. The number of esters is 2. The van der Waals surface area contributed by atoms with Gasteiger partial charge in [-0.2, -0.15) is 8.61 Å². The van der Waals surface area contributed by atoms with Crippen molar-refractivity contribution >= 4 is 74.3 Å². The van der Waals surface area contributed by atoms with Gasteiger partial charge in [-0.1, -0.05) is 153 Å². The number of ketones is 4. The third kappa shape index (κ3) is 31.9. The van der Waals surface area contributed by atoms with Crippen molar-refractivity contribution < 1.29 is 123 Å². The van der Waals surface area contributed by atoms with E-state index in [4.69, 9.17) is 42.4 Å². The lowest BCUT2D eigenvalue weighted by Crippen LogP contribution is -2.61. The predicted molar refractivity (Wildman–Crippen MR) is 550 cm³/mol. The quantitative estimate of drug-likeness (QED) is 0.0548. The molecule has 8 fully saturated rings. The fourth-order valence-electron chi connectivity index (χ4n) is 23.5. The second-order valence-electron chi connectivity index (χ2n) is 44.3. The molecule has 4 bridgehead atoms. The number of rotatable bonds is 15. The van der Waals surface area contributed by atoms with Gasteiger partial charge in [-0.15, -0.1) is 5.10 Å². The molecule has 0 radical (unpaired) electrons. The van der Waals surface area contributed by atoms with Crippen molar-refractivity contribution in [3.8, 4) is 0 Å². The molecule has 2 amide bonds. The molecule has 2 saturated carbocycles. The van der Waals surface area contributed by atoms with Crippen LogP contribution in [0.2, 0.25) is 0 Å². The van der Waals surface area contributed by atoms with Crippen molar-refractivity contribution in [3.63, 3.8) is 0 Å². The van der Waals surface area contributed by atoms with Crippen molar-refractivity contribution in [2.24, 2.45) is 71.0 Å². The molecule has 145 heavy (non-hydrogen) atoms. The minimum Gasteiger partial charge on any atom is -0.461 e. The average molecular weight is 2090 g/mol. The van der Waals surface area contributed by atoms with E-state index < -0.39 is 171 Å². The van der Waals surface area contributed by atoms with E-state index in [1.807, 2.05) is 135 Å². The number of allylic oxidation sites excluding steroid dienone is 12. The van der Waals surface area contributed by atoms with Crippen LogP contribution in [-0.2, 0) is 105 Å². The summed E-state index contributed by atoms with van der Waals surface area (Å²) in [5.41, 5.74) is 2.62. The van der Waals surface area contributed by atoms with Gasteiger partial charge in [-0.25, -0.2) is 31.1 Å². The number of hydrogen-bond acceptors (Lipinski definition) is 29. The van der Waals surface area contributed by atoms with E-state index in [1.165, 1.54) is 32.6 Å². The Morgan fingerprint density at radius 2 is 0.897 bits per heavy atom. The van der Waals surface area contributed by atoms with E-state index in [2.05, 4.69) is 22.4 Å². The van der Waals surface area contributed by atoms with Crippen molar-refractivity contribution in [1.29, 1.82) is 0 Å². The molecular formula is C108H171N8O26PS2. The highest BCUT2D eigenvalue weighted by Crippen LogP contribution is 2.47. The van der Waals surface area contributed by atoms with Crippen LogP contribution in [0, 0.1) is 71.0 Å². The van der Waals surface area contributed by atoms with Crippen LogP contribution in [0.25, 0.3) is 0 Å². The van der Waals surface area contributed by atoms with Gasteiger partial charge in [-0.3, -0.25) is 33.3 Å². The lowest BCUT2D eigenvalue weighted by Gasteiger charge is -2.44. The third-order valence-electron chi connectivity index (χ3n) is 32.3. The molecule has 1 aromatic heterocycles. The highest BCUT2D eigenvalue weighted by atomic mass is 32.2. The van der Waals surface area contributed by atoms with Crippen molar-refractivity contribution in [2.45, 2.75) is 379 Å². The molecule has 10 aliphatic rings. The van der Waals surface area contributed by atoms with Crippen LogP contribution in [0.1, 0.15) is 276 Å². The molecule has 0 spiro atoms. The number of piperidine rings is 2. The molecule has 11 rings (SSSR count). The van der Waals surface area contributed by atoms with Gasteiger partial charge in [0.05, 0.1) is 48.1 Å². The first-order chi connectivity index (χ1) is 68.5. The van der Waals surface area contributed by atoms with Gasteiger partial charge in [0.2, 0.25) is 31.6 Å². The highest BCUT2D eigenvalue weighted by Gasteiger charge is 2.57. The maximum absolute atomic E-state index is 14.6. The summed E-state index contributed by atoms with van der Waals surface area (Å²) < 4.78 is 125. The van der Waals surface area contributed by atoms with E-state index >= 15 is 0 Å². The summed E-state index contributed by atoms with van der Waals surface area (Å²) in [6.07, 6.45) is 30.2. The van der Waals surface area contributed by atoms with Crippen LogP contribution in [-0.4, -0.2) is 305 Å². The van der Waals surface area contributed by atoms with Crippen molar-refractivity contribution in [3.05, 3.63) is 102 Å². The zero-order chi connectivity index (χ0) is 106. The molecule has 0 aromatic carbocycles. The Kier molecular flexibility index (Phi) is 45.0. The monoisotopic (exact) mass is 2090 g/mol. The lowest BCUT2D eigenvalue weighted by atomic mass is 9.77. The minimum absolute atomic E-state index is 0.00174. The maximum Gasteiger partial charge on any atom is 0.329 e. The smallest absolute Gasteiger partial charge is 0.329 e. The molecule has 34 nitrogen and oxygen atoms in total. The topological polar surface area (TPSA) is 442 Å². The highest BCUT2D eigenvalue weighted by molar-refractivity contribution is 7.90. The molecule has 2 aliphatic carbocycles. The van der Waals surface area contributed by atoms with E-state index in [1.54, 1.807) is 66.3 Å². The predicted octanol–water partition coefficient (Wildman–Crippen LogP) is 13.8. The zero-order valence-electron chi connectivity index (χ0n) is 89.6. The number of fused-ring (bicyclic) bond motifs is 6. The number of nitrogens with zero attached hydrogens (tertiary/aromatic N) is 8. The first kappa shape index (κ1) is 120. The number of carbonyl (C=O) groups is 8. The number of aromatic nitrogens is 4. The van der Waals surface area contributed by atoms with Gasteiger partial charge in [0.1, 0.15) is 55.0 Å². The van der Waals surface area contributed by atoms with Gasteiger partial charge >= 0.3 is 11.9 Å². The summed E-state index contributed by atoms with van der Waals surface area (Å²) in [7, 11) is -3.75. The van der Waals surface area contributed by atoms with Gasteiger partial charge in [0.25, 0.3) is 23.4 Å². The number of tetrazole rings is 1. The number of amides is 2. The Hall–Kier alpha value is -6.84. The third-order valence-corrected chi connectivity index (χ3v) is 36.9. The van der Waals surface area contributed by atoms with E-state index in [0.29, 0.717) is 140 Å². The number of aliphatic hydroxyl groups is 4. The lowest BCUT2D eigenvalue weighted by molar-refractivity contribution is -0.264. The minimum atomic E-state index is -3.61. The Balaban J connectivity index is 0.000000297. The van der Waals surface area contributed by atoms with Crippen molar-refractivity contribution in [1.82, 2.24) is 38.6 Å². The molecule has 6 saturated heterocycles. The molecular weight excluding hydrogens is 1920 g/mol. The van der Waals surface area contributed by atoms with Crippen LogP contribution in [0.5, 0.6) is 0 Å². The van der Waals surface area contributed by atoms with Crippen LogP contribution in [0.15, 0.2) is 102 Å². The average Bonchev–Trinajstić information content (AvgIpc) is 1.75. The molecule has 1 aromatic rings. The maximum atomic E-state index is 14.6. The summed E-state index contributed by atoms with van der Waals surface area (Å²) in [5, 5.41) is 59.2. The summed E-state index contributed by atoms with van der Waals surface area (Å²) in [4.78, 5) is 117. The van der Waals surface area contributed by atoms with E-state index in [-0.39, 0.29) is 134 Å². The standard InChI is InChI=1S/C55H89N2O14PS.C53H82N6O12S/c1-35-18-13-12-14-19-37(3)45(57-28-17-29-73(57,65)66)34-43-24-22-41(7)55(63,70-43)52(60)53(61)56-27-16-15-20-44(56)54(62)69-46(38(4)32-42-23-26-47(48(33-42)67-8)71-72(10,11)64)25-21-36(2)31-40(6)50(59)51(68-9)49(58)39(5)30-35;1-33-15-11-10-12-16-35(3)44(59-25-26-72(59,66)67)31-41-21-19-39(7)53(65,71-41)50(62)51(63)57-24-14-13-17-43(57)52(64)70-45(23-18-34(2)28-38(6)48(61)49(69-9)47(60)37(5)27-33)36(4)29-40-20-22-42(46(30-40)68-8)58-32-54-55-56-58/h12-14,18-19,31,35-36,38-39,41-48,50-51,59,63H,15-17,20-30,32-34H2,1-11H3;10-12,15-16,28,32-34,36-37,39-46,48-49,61,65H,13-14,17-27,29-31H2,1-9H3/b14-12+,18-13+,37-19+,40-31+;12-10+,15-11+,35-16+,38-28+/t35-,36+,38-,39-,41-,42+,43+,44+,45?,46+,47-,48-,50-,51+,55-;33-,34+,36-,37-,39-,40+,41+,42+,43+,44?,45+,46-,48-,49+,53-/m11/s1. The number of ether oxygens (including phenoxy) is 8. The Bertz CT molecular complexity index is 5060. The molecule has 30 atom stereocenters. The van der Waals surface area contributed by atoms with Crippen LogP contribution >= 0.6 is 7.37 Å². The van der Waals surface area contributed by atoms with Crippen LogP contribution in [0.4, 0.5) is 0 Å². The Morgan fingerprint density at radius 1 is 0.462 bits per heavy atom. The number of cyclic esters (lactones) is 2. The summed E-state index contributed by atoms with van der Waals surface area (Å²) >= 11 is 0. The van der Waals surface area contributed by atoms with Gasteiger partial charge in [0.15, 0.2) is 18.9 Å². The number of sulfonamides is 2.